The second-order valence-corrected chi connectivity index (χ2v) is 29.0. The second kappa shape index (κ2) is 50.7. The molecular formula is C91H110ClN21O24. The van der Waals surface area contributed by atoms with Gasteiger partial charge in [-0.3, -0.25) is 18.6 Å². The Bertz CT molecular complexity index is 6540. The maximum Gasteiger partial charge on any atom is 0.341 e. The SMILES string of the molecule is CCOc1nc(N)c2[nH]c(=O)n(Cc3ccc(CN4CCOCC4)c(OC)c3)c2n1.CCOc1nc(N)c2[nH]c(OC)nc2n1.CCOc1nc(N)c2nc(OC)n(Cc3ccc(C(=O)OC)c(OC)c3)c2n1.CCOc1nc(N)c2nc(OC)n(Cc3ccc(CO)c(OC)c3)c2n1.COC(=O)c1ccc(C)cc1OC.COC(=O)c1ccc(CCl)cc1OC.Cc1ccc(C(=O)O)c(O)c1. The molecule has 6 aromatic carbocycles. The molecule has 137 heavy (non-hydrogen) atoms. The zero-order chi connectivity index (χ0) is 99.7. The van der Waals surface area contributed by atoms with Gasteiger partial charge < -0.3 is 124 Å². The third-order valence-electron chi connectivity index (χ3n) is 19.8. The van der Waals surface area contributed by atoms with Gasteiger partial charge in [0, 0.05) is 36.6 Å². The van der Waals surface area contributed by atoms with Gasteiger partial charge in [0.2, 0.25) is 0 Å². The van der Waals surface area contributed by atoms with E-state index in [0.717, 1.165) is 77.5 Å². The van der Waals surface area contributed by atoms with E-state index >= 15 is 0 Å². The van der Waals surface area contributed by atoms with Crippen LogP contribution in [0.15, 0.2) is 114 Å². The van der Waals surface area contributed by atoms with E-state index in [-0.39, 0.29) is 71.1 Å². The third kappa shape index (κ3) is 27.2. The summed E-state index contributed by atoms with van der Waals surface area (Å²) in [5.74, 6) is 1.55. The highest BCUT2D eigenvalue weighted by Gasteiger charge is 2.25. The predicted octanol–water partition coefficient (Wildman–Crippen LogP) is 9.77. The van der Waals surface area contributed by atoms with E-state index in [1.54, 1.807) is 84.9 Å². The summed E-state index contributed by atoms with van der Waals surface area (Å²) in [7, 11) is 16.3. The number of nitrogens with two attached hydrogens (primary N) is 4. The number of rotatable bonds is 30. The number of methoxy groups -OCH3 is 11. The lowest BCUT2D eigenvalue weighted by atomic mass is 10.1. The molecule has 0 spiro atoms. The number of anilines is 4. The van der Waals surface area contributed by atoms with Crippen LogP contribution in [0, 0.1) is 13.8 Å². The van der Waals surface area contributed by atoms with Gasteiger partial charge in [0.05, 0.1) is 144 Å². The minimum atomic E-state index is -1.11. The van der Waals surface area contributed by atoms with Crippen molar-refractivity contribution >= 4 is 103 Å². The summed E-state index contributed by atoms with van der Waals surface area (Å²) in [4.78, 5) is 111. The third-order valence-corrected chi connectivity index (χ3v) is 20.1. The lowest BCUT2D eigenvalue weighted by Gasteiger charge is -2.27. The van der Waals surface area contributed by atoms with Crippen LogP contribution in [0.1, 0.15) is 114 Å². The first kappa shape index (κ1) is 105. The van der Waals surface area contributed by atoms with E-state index in [4.69, 9.17) is 111 Å². The van der Waals surface area contributed by atoms with Gasteiger partial charge in [0.25, 0.3) is 18.0 Å². The van der Waals surface area contributed by atoms with Gasteiger partial charge in [0.1, 0.15) is 67.8 Å². The fourth-order valence-corrected chi connectivity index (χ4v) is 13.3. The molecule has 1 aliphatic heterocycles. The van der Waals surface area contributed by atoms with Gasteiger partial charge in [-0.05, 0) is 136 Å². The number of nitrogens with one attached hydrogen (secondary N) is 2. The lowest BCUT2D eigenvalue weighted by Crippen LogP contribution is -2.35. The van der Waals surface area contributed by atoms with Crippen molar-refractivity contribution in [3.8, 4) is 76.6 Å². The van der Waals surface area contributed by atoms with Crippen LogP contribution in [0.5, 0.6) is 76.6 Å². The number of aliphatic hydroxyl groups excluding tert-OH is 1. The number of fused-ring (bicyclic) bond motifs is 4. The number of carboxylic acids is 1. The molecule has 1 fully saturated rings. The van der Waals surface area contributed by atoms with Crippen LogP contribution in [0.4, 0.5) is 23.3 Å². The van der Waals surface area contributed by atoms with E-state index in [1.807, 2.05) is 77.1 Å². The number of phenols is 1. The number of esters is 3. The van der Waals surface area contributed by atoms with Crippen molar-refractivity contribution in [1.82, 2.24) is 83.4 Å². The zero-order valence-corrected chi connectivity index (χ0v) is 79.4. The number of ether oxygens (including phenoxy) is 16. The number of halogens is 1. The Morgan fingerprint density at radius 3 is 1.26 bits per heavy atom. The van der Waals surface area contributed by atoms with Gasteiger partial charge >= 0.3 is 53.6 Å². The standard InChI is InChI=1S/C20H26N6O4.C18H21N5O5.C17H21N5O4.C10H11ClO3.C10H12O3.C8H11N5O2.C8H8O3/c1-3-30-19-23-17(21)16-18(24-19)26(20(27)22-16)11-13-4-5-14(15(10-13)28-2)12-25-6-8-29-9-7-25;1-5-28-17-21-14(19)13-15(22-17)23(18(20-13)27-4)9-10-6-7-11(16(24)26-3)12(8-10)25-2;1-4-26-16-20-14(18)13-15(21-16)22(17(19-13)25-3)8-10-5-6-11(9-23)12(7-10)24-2;1-13-9-5-7(6-11)3-4-8(9)10(12)14-2;1-7-4-5-8(10(11)13-3)9(6-7)12-2;1-3-15-8-11-5(9)4-6(13-8)12-7(10-4)14-2;1-5-2-3-6(8(10)11)7(9)4-5/h4-5,10H,3,6-9,11-12H2,1-2H3,(H,22,27)(H2,21,23,24);6-8H,5,9H2,1-4H3,(H2,19,21,22);5-7,23H,4,8-9H2,1-3H3,(H2,18,20,21);3-5H,6H2,1-2H3;4-6H,1-3H3;3H2,1-2H3,(H3,9,10,11,12,13);2-4,9H,1H3,(H,10,11). The molecule has 8 aromatic heterocycles. The molecule has 0 aliphatic carbocycles. The molecule has 45 nitrogen and oxygen atoms in total. The highest BCUT2D eigenvalue weighted by Crippen LogP contribution is 2.34. The fourth-order valence-electron chi connectivity index (χ4n) is 13.2. The molecule has 14 aromatic rings. The number of nitrogens with zero attached hydrogens (tertiary/aromatic N) is 15. The smallest absolute Gasteiger partial charge is 0.341 e. The number of H-pyrrole nitrogens is 2. The molecule has 0 radical (unpaired) electrons. The monoisotopic (exact) mass is 1920 g/mol. The van der Waals surface area contributed by atoms with Crippen LogP contribution in [0.3, 0.4) is 0 Å². The van der Waals surface area contributed by atoms with Crippen molar-refractivity contribution in [2.75, 3.05) is 154 Å². The Kier molecular flexibility index (Phi) is 38.8. The summed E-state index contributed by atoms with van der Waals surface area (Å²) >= 11 is 5.65. The van der Waals surface area contributed by atoms with Gasteiger partial charge in [0.15, 0.2) is 56.9 Å². The molecule has 0 atom stereocenters. The highest BCUT2D eigenvalue weighted by atomic mass is 35.5. The van der Waals surface area contributed by atoms with Gasteiger partial charge in [-0.15, -0.1) is 11.6 Å². The zero-order valence-electron chi connectivity index (χ0n) is 78.6. The molecule has 1 aliphatic rings. The number of hydrogen-bond donors (Lipinski definition) is 9. The van der Waals surface area contributed by atoms with Crippen molar-refractivity contribution in [3.63, 3.8) is 0 Å². The average molecular weight is 1920 g/mol. The Morgan fingerprint density at radius 1 is 0.423 bits per heavy atom. The second-order valence-electron chi connectivity index (χ2n) is 28.7. The van der Waals surface area contributed by atoms with E-state index in [2.05, 4.69) is 79.2 Å². The number of carbonyl (C=O) groups excluding carboxylic acids is 3. The number of aromatic hydroxyl groups is 1. The number of aromatic amines is 2. The van der Waals surface area contributed by atoms with Crippen LogP contribution in [0.25, 0.3) is 44.7 Å². The summed E-state index contributed by atoms with van der Waals surface area (Å²) in [6, 6.07) is 33.4. The normalized spacial score (nSPS) is 11.3. The first-order valence-corrected chi connectivity index (χ1v) is 42.6. The number of carboxylic acid groups (broad SMARTS) is 1. The van der Waals surface area contributed by atoms with Crippen molar-refractivity contribution < 1.29 is 110 Å². The van der Waals surface area contributed by atoms with Gasteiger partial charge in [-0.25, -0.2) is 24.0 Å². The number of morpholine rings is 1. The van der Waals surface area contributed by atoms with Crippen molar-refractivity contribution in [1.29, 1.82) is 0 Å². The first-order chi connectivity index (χ1) is 66.0. The van der Waals surface area contributed by atoms with Crippen LogP contribution in [-0.2, 0) is 57.6 Å². The van der Waals surface area contributed by atoms with Crippen LogP contribution in [-0.4, -0.2) is 254 Å². The molecule has 13 N–H and O–H groups in total. The summed E-state index contributed by atoms with van der Waals surface area (Å²) in [5.41, 5.74) is 35.4. The highest BCUT2D eigenvalue weighted by molar-refractivity contribution is 6.17. The topological polar surface area (TPSA) is 589 Å². The quantitative estimate of drug-likeness (QED) is 0.0115. The first-order valence-electron chi connectivity index (χ1n) is 42.0. The Hall–Kier alpha value is -16.0. The molecule has 0 amide bonds. The summed E-state index contributed by atoms with van der Waals surface area (Å²) in [5, 5.41) is 26.9. The molecule has 0 saturated carbocycles. The number of alkyl halides is 1. The van der Waals surface area contributed by atoms with Gasteiger partial charge in [-0.1, -0.05) is 48.5 Å². The van der Waals surface area contributed by atoms with Crippen molar-refractivity contribution in [2.45, 2.75) is 80.2 Å². The average Bonchev–Trinajstić information content (AvgIpc) is 1.63. The van der Waals surface area contributed by atoms with E-state index < -0.39 is 17.9 Å². The Morgan fingerprint density at radius 2 is 0.818 bits per heavy atom. The van der Waals surface area contributed by atoms with Crippen molar-refractivity contribution in [3.05, 3.63) is 186 Å². The minimum Gasteiger partial charge on any atom is -0.507 e. The fraction of sp³-hybridized carbons (Fsp3) is 0.341. The van der Waals surface area contributed by atoms with Crippen LogP contribution >= 0.6 is 11.6 Å². The number of aromatic nitrogens is 16. The van der Waals surface area contributed by atoms with E-state index in [0.29, 0.717) is 166 Å². The summed E-state index contributed by atoms with van der Waals surface area (Å²) in [6.07, 6.45) is 0. The number of imidazole rings is 4. The molecule has 730 valence electrons. The molecular weight excluding hydrogens is 1810 g/mol. The maximum atomic E-state index is 12.5. The van der Waals surface area contributed by atoms with Gasteiger partial charge in [-0.2, -0.15) is 54.8 Å². The number of carbonyl (C=O) groups is 4. The molecule has 0 bridgehead atoms. The minimum absolute atomic E-state index is 0.0596. The number of benzene rings is 6. The van der Waals surface area contributed by atoms with Crippen LogP contribution in [0.2, 0.25) is 0 Å². The maximum absolute atomic E-state index is 12.5. The molecule has 9 heterocycles. The van der Waals surface area contributed by atoms with E-state index in [9.17, 15) is 29.1 Å². The summed E-state index contributed by atoms with van der Waals surface area (Å²) in [6.45, 7) is 17.9. The van der Waals surface area contributed by atoms with E-state index in [1.165, 1.54) is 80.7 Å². The number of hydrogen-bond acceptors (Lipinski definition) is 39. The predicted molar refractivity (Wildman–Crippen MR) is 505 cm³/mol. The Labute approximate surface area is 790 Å². The molecule has 15 rings (SSSR count). The lowest BCUT2D eigenvalue weighted by molar-refractivity contribution is 0.0338. The Balaban J connectivity index is 0.000000185. The number of aromatic carboxylic acids is 1. The number of aryl methyl sites for hydroxylation is 2. The van der Waals surface area contributed by atoms with Crippen LogP contribution < -0.4 is 85.5 Å². The molecule has 0 unspecified atom stereocenters. The number of nitrogen functional groups attached to an aromatic ring is 4. The molecule has 1 saturated heterocycles. The van der Waals surface area contributed by atoms with Crippen molar-refractivity contribution in [2.24, 2.45) is 0 Å². The number of aliphatic hydroxyl groups is 1. The molecule has 46 heteroatoms. The largest absolute Gasteiger partial charge is 0.507 e. The summed E-state index contributed by atoms with van der Waals surface area (Å²) < 4.78 is 87.7.